The van der Waals surface area contributed by atoms with Gasteiger partial charge < -0.3 is 0 Å². The molecule has 0 aliphatic rings. The van der Waals surface area contributed by atoms with E-state index in [1.807, 2.05) is 20.8 Å². The lowest BCUT2D eigenvalue weighted by Crippen LogP contribution is -2.21. The molecule has 0 aliphatic heterocycles. The zero-order valence-electron chi connectivity index (χ0n) is 11.0. The molecule has 2 nitrogen and oxygen atoms in total. The quantitative estimate of drug-likeness (QED) is 0.744. The molecular formula is C14H19FO2S. The van der Waals surface area contributed by atoms with Gasteiger partial charge >= 0.3 is 0 Å². The van der Waals surface area contributed by atoms with Crippen LogP contribution in [0.2, 0.25) is 0 Å². The summed E-state index contributed by atoms with van der Waals surface area (Å²) in [4.78, 5) is 11.8. The maximum Gasteiger partial charge on any atom is 0.163 e. The van der Waals surface area contributed by atoms with E-state index in [-0.39, 0.29) is 23.3 Å². The number of carbonyl (C=O) groups excluding carboxylic acids is 1. The topological polar surface area (TPSA) is 34.1 Å². The molecule has 4 heteroatoms. The second-order valence-electron chi connectivity index (χ2n) is 4.71. The monoisotopic (exact) mass is 270 g/mol. The van der Waals surface area contributed by atoms with Gasteiger partial charge in [0, 0.05) is 33.8 Å². The van der Waals surface area contributed by atoms with Gasteiger partial charge in [-0.1, -0.05) is 20.8 Å². The number of ketones is 1. The largest absolute Gasteiger partial charge is 0.294 e. The average molecular weight is 270 g/mol. The molecule has 0 heterocycles. The summed E-state index contributed by atoms with van der Waals surface area (Å²) in [6.45, 7) is 5.97. The van der Waals surface area contributed by atoms with Crippen molar-refractivity contribution in [3.8, 4) is 0 Å². The molecule has 2 unspecified atom stereocenters. The van der Waals surface area contributed by atoms with Crippen molar-refractivity contribution in [2.75, 3.05) is 5.75 Å². The lowest BCUT2D eigenvalue weighted by atomic mass is 10.1. The van der Waals surface area contributed by atoms with Gasteiger partial charge in [-0.15, -0.1) is 0 Å². The number of halogens is 1. The van der Waals surface area contributed by atoms with Crippen LogP contribution in [0.1, 0.15) is 37.6 Å². The number of rotatable bonds is 6. The number of benzene rings is 1. The first kappa shape index (κ1) is 15.0. The third-order valence-corrected chi connectivity index (χ3v) is 5.03. The van der Waals surface area contributed by atoms with Crippen LogP contribution in [0, 0.1) is 11.7 Å². The average Bonchev–Trinajstić information content (AvgIpc) is 2.35. The lowest BCUT2D eigenvalue weighted by Gasteiger charge is -2.14. The van der Waals surface area contributed by atoms with Gasteiger partial charge in [0.15, 0.2) is 5.78 Å². The zero-order chi connectivity index (χ0) is 13.7. The maximum atomic E-state index is 12.7. The molecule has 1 rings (SSSR count). The van der Waals surface area contributed by atoms with E-state index in [9.17, 15) is 13.4 Å². The molecule has 1 aromatic carbocycles. The van der Waals surface area contributed by atoms with Crippen LogP contribution in [-0.4, -0.2) is 21.0 Å². The number of hydrogen-bond donors (Lipinski definition) is 0. The molecule has 18 heavy (non-hydrogen) atoms. The van der Waals surface area contributed by atoms with Gasteiger partial charge in [0.05, 0.1) is 0 Å². The minimum absolute atomic E-state index is 0.0840. The molecule has 0 aromatic heterocycles. The van der Waals surface area contributed by atoms with Gasteiger partial charge in [-0.25, -0.2) is 4.39 Å². The molecule has 2 atom stereocenters. The van der Waals surface area contributed by atoms with Crippen molar-refractivity contribution in [1.29, 1.82) is 0 Å². The molecule has 0 aliphatic carbocycles. The summed E-state index contributed by atoms with van der Waals surface area (Å²) in [5.41, 5.74) is 0.477. The highest BCUT2D eigenvalue weighted by molar-refractivity contribution is 7.85. The van der Waals surface area contributed by atoms with Crippen LogP contribution >= 0.6 is 0 Å². The fraction of sp³-hybridized carbons (Fsp3) is 0.500. The summed E-state index contributed by atoms with van der Waals surface area (Å²) < 4.78 is 24.6. The zero-order valence-corrected chi connectivity index (χ0v) is 11.8. The first-order valence-corrected chi connectivity index (χ1v) is 7.46. The SMILES string of the molecule is CC(C)C(C)S(=O)CCC(=O)c1ccc(F)cc1. The van der Waals surface area contributed by atoms with Crippen LogP contribution in [-0.2, 0) is 10.8 Å². The van der Waals surface area contributed by atoms with Gasteiger partial charge in [0.25, 0.3) is 0 Å². The van der Waals surface area contributed by atoms with Crippen LogP contribution in [0.5, 0.6) is 0 Å². The van der Waals surface area contributed by atoms with E-state index in [2.05, 4.69) is 0 Å². The predicted molar refractivity (Wildman–Crippen MR) is 72.7 cm³/mol. The lowest BCUT2D eigenvalue weighted by molar-refractivity contribution is 0.0989. The first-order chi connectivity index (χ1) is 8.41. The van der Waals surface area contributed by atoms with Gasteiger partial charge in [-0.2, -0.15) is 0 Å². The van der Waals surface area contributed by atoms with Gasteiger partial charge in [0.2, 0.25) is 0 Å². The normalized spacial score (nSPS) is 14.5. The molecule has 0 radical (unpaired) electrons. The Bertz CT molecular complexity index is 426. The molecule has 0 saturated carbocycles. The van der Waals surface area contributed by atoms with Crippen molar-refractivity contribution in [2.45, 2.75) is 32.4 Å². The third kappa shape index (κ3) is 4.33. The molecule has 1 aromatic rings. The Morgan fingerprint density at radius 3 is 2.28 bits per heavy atom. The first-order valence-electron chi connectivity index (χ1n) is 6.07. The second kappa shape index (κ2) is 6.78. The van der Waals surface area contributed by atoms with Gasteiger partial charge in [-0.3, -0.25) is 9.00 Å². The Labute approximate surface area is 110 Å². The molecule has 0 spiro atoms. The fourth-order valence-corrected chi connectivity index (χ4v) is 2.83. The van der Waals surface area contributed by atoms with Crippen molar-refractivity contribution >= 4 is 16.6 Å². The Hall–Kier alpha value is -1.03. The van der Waals surface area contributed by atoms with Crippen LogP contribution < -0.4 is 0 Å². The number of hydrogen-bond acceptors (Lipinski definition) is 2. The summed E-state index contributed by atoms with van der Waals surface area (Å²) in [5.74, 6) is 0.268. The Morgan fingerprint density at radius 2 is 1.78 bits per heavy atom. The van der Waals surface area contributed by atoms with E-state index in [0.29, 0.717) is 17.2 Å². The minimum Gasteiger partial charge on any atom is -0.294 e. The summed E-state index contributed by atoms with van der Waals surface area (Å²) in [7, 11) is -0.989. The van der Waals surface area contributed by atoms with Crippen LogP contribution in [0.25, 0.3) is 0 Å². The van der Waals surface area contributed by atoms with Crippen molar-refractivity contribution < 1.29 is 13.4 Å². The Kier molecular flexibility index (Phi) is 5.66. The molecule has 100 valence electrons. The highest BCUT2D eigenvalue weighted by Gasteiger charge is 2.16. The molecule has 0 fully saturated rings. The minimum atomic E-state index is -0.989. The molecular weight excluding hydrogens is 251 g/mol. The second-order valence-corrected chi connectivity index (χ2v) is 6.63. The summed E-state index contributed by atoms with van der Waals surface area (Å²) in [5, 5.41) is 0.0889. The van der Waals surface area contributed by atoms with Crippen molar-refractivity contribution in [2.24, 2.45) is 5.92 Å². The molecule has 0 bridgehead atoms. The van der Waals surface area contributed by atoms with E-state index < -0.39 is 10.8 Å². The highest BCUT2D eigenvalue weighted by atomic mass is 32.2. The summed E-state index contributed by atoms with van der Waals surface area (Å²) in [6.07, 6.45) is 0.245. The van der Waals surface area contributed by atoms with Crippen molar-refractivity contribution in [3.63, 3.8) is 0 Å². The van der Waals surface area contributed by atoms with E-state index >= 15 is 0 Å². The van der Waals surface area contributed by atoms with Crippen molar-refractivity contribution in [3.05, 3.63) is 35.6 Å². The van der Waals surface area contributed by atoms with E-state index in [4.69, 9.17) is 0 Å². The van der Waals surface area contributed by atoms with Crippen molar-refractivity contribution in [1.82, 2.24) is 0 Å². The number of Topliss-reactive ketones (excluding diaryl/α,β-unsaturated/α-hetero) is 1. The van der Waals surface area contributed by atoms with E-state index in [0.717, 1.165) is 0 Å². The Balaban J connectivity index is 2.51. The maximum absolute atomic E-state index is 12.7. The van der Waals surface area contributed by atoms with Gasteiger partial charge in [-0.05, 0) is 30.2 Å². The highest BCUT2D eigenvalue weighted by Crippen LogP contribution is 2.11. The van der Waals surface area contributed by atoms with E-state index in [1.54, 1.807) is 0 Å². The van der Waals surface area contributed by atoms with Crippen LogP contribution in [0.4, 0.5) is 4.39 Å². The third-order valence-electron chi connectivity index (χ3n) is 3.05. The fourth-order valence-electron chi connectivity index (χ4n) is 1.46. The van der Waals surface area contributed by atoms with E-state index in [1.165, 1.54) is 24.3 Å². The standard InChI is InChI=1S/C14H19FO2S/c1-10(2)11(3)18(17)9-8-14(16)12-4-6-13(15)7-5-12/h4-7,10-11H,8-9H2,1-3H3. The molecule has 0 amide bonds. The molecule has 0 N–H and O–H groups in total. The van der Waals surface area contributed by atoms with Gasteiger partial charge in [0.1, 0.15) is 5.82 Å². The summed E-state index contributed by atoms with van der Waals surface area (Å²) >= 11 is 0. The predicted octanol–water partition coefficient (Wildman–Crippen LogP) is 3.19. The van der Waals surface area contributed by atoms with Crippen LogP contribution in [0.15, 0.2) is 24.3 Å². The number of carbonyl (C=O) groups is 1. The van der Waals surface area contributed by atoms with Crippen LogP contribution in [0.3, 0.4) is 0 Å². The molecule has 0 saturated heterocycles. The Morgan fingerprint density at radius 1 is 1.22 bits per heavy atom. The summed E-state index contributed by atoms with van der Waals surface area (Å²) in [6, 6.07) is 5.46. The smallest absolute Gasteiger partial charge is 0.163 e.